The van der Waals surface area contributed by atoms with Gasteiger partial charge in [0.1, 0.15) is 0 Å². The molecule has 2 aliphatic heterocycles. The summed E-state index contributed by atoms with van der Waals surface area (Å²) in [7, 11) is 0. The molecule has 8 heteroatoms. The number of rotatable bonds is 3. The molecule has 154 valence electrons. The molecule has 2 aliphatic rings. The summed E-state index contributed by atoms with van der Waals surface area (Å²) >= 11 is 0. The van der Waals surface area contributed by atoms with Crippen LogP contribution in [0.4, 0.5) is 5.82 Å². The third-order valence-electron chi connectivity index (χ3n) is 5.28. The number of guanidine groups is 1. The zero-order valence-corrected chi connectivity index (χ0v) is 17.1. The van der Waals surface area contributed by atoms with Gasteiger partial charge in [0, 0.05) is 44.1 Å². The maximum absolute atomic E-state index is 12.3. The molecule has 0 unspecified atom stereocenters. The van der Waals surface area contributed by atoms with Crippen molar-refractivity contribution in [3.05, 3.63) is 71.2 Å². The van der Waals surface area contributed by atoms with Gasteiger partial charge in [-0.1, -0.05) is 18.2 Å². The van der Waals surface area contributed by atoms with Crippen LogP contribution < -0.4 is 5.73 Å². The maximum atomic E-state index is 12.3. The average molecular weight is 404 g/mol. The molecule has 1 saturated heterocycles. The van der Waals surface area contributed by atoms with Crippen LogP contribution in [0.25, 0.3) is 0 Å². The molecular weight excluding hydrogens is 380 g/mol. The number of hydrogen-bond donors (Lipinski definition) is 1. The minimum atomic E-state index is -0.426. The predicted octanol–water partition coefficient (Wildman–Crippen LogP) is 2.11. The van der Waals surface area contributed by atoms with Crippen LogP contribution in [0.15, 0.2) is 64.5 Å². The van der Waals surface area contributed by atoms with Crippen LogP contribution in [0.1, 0.15) is 16.7 Å². The van der Waals surface area contributed by atoms with Gasteiger partial charge in [-0.2, -0.15) is 4.99 Å². The van der Waals surface area contributed by atoms with E-state index in [2.05, 4.69) is 19.9 Å². The highest BCUT2D eigenvalue weighted by atomic mass is 16.6. The number of hydrogen-bond acceptors (Lipinski definition) is 6. The van der Waals surface area contributed by atoms with Crippen molar-refractivity contribution in [1.82, 2.24) is 14.8 Å². The van der Waals surface area contributed by atoms with Crippen molar-refractivity contribution < 1.29 is 9.53 Å². The zero-order chi connectivity index (χ0) is 21.1. The lowest BCUT2D eigenvalue weighted by Gasteiger charge is -2.34. The molecule has 2 aromatic rings. The molecule has 1 fully saturated rings. The first-order chi connectivity index (χ1) is 14.5. The fourth-order valence-corrected chi connectivity index (χ4v) is 3.36. The van der Waals surface area contributed by atoms with Crippen LogP contribution in [0.2, 0.25) is 0 Å². The number of esters is 1. The lowest BCUT2D eigenvalue weighted by atomic mass is 10.0. The number of piperazine rings is 1. The highest BCUT2D eigenvalue weighted by molar-refractivity contribution is 6.11. The first kappa shape index (κ1) is 19.6. The van der Waals surface area contributed by atoms with Gasteiger partial charge in [0.05, 0.1) is 0 Å². The number of ether oxygens (including phenoxy) is 1. The summed E-state index contributed by atoms with van der Waals surface area (Å²) in [6.45, 7) is 6.80. The number of nitrogens with zero attached hydrogens (tertiary/aromatic N) is 5. The van der Waals surface area contributed by atoms with Crippen molar-refractivity contribution in [1.29, 1.82) is 0 Å². The summed E-state index contributed by atoms with van der Waals surface area (Å²) in [5, 5.41) is 0. The van der Waals surface area contributed by atoms with Crippen molar-refractivity contribution in [2.75, 3.05) is 26.2 Å². The molecule has 0 aliphatic carbocycles. The summed E-state index contributed by atoms with van der Waals surface area (Å²) in [6.07, 6.45) is 3.45. The monoisotopic (exact) mass is 404 g/mol. The van der Waals surface area contributed by atoms with E-state index in [-0.39, 0.29) is 0 Å². The van der Waals surface area contributed by atoms with Gasteiger partial charge in [-0.3, -0.25) is 0 Å². The topological polar surface area (TPSA) is 96.4 Å². The van der Waals surface area contributed by atoms with Crippen molar-refractivity contribution >= 4 is 23.6 Å². The second-order valence-corrected chi connectivity index (χ2v) is 7.25. The Morgan fingerprint density at radius 3 is 2.67 bits per heavy atom. The number of benzene rings is 1. The minimum absolute atomic E-state index is 0.314. The third-order valence-corrected chi connectivity index (χ3v) is 5.28. The SMILES string of the molecule is Cc1cccc(C2=N/C(=C/N3CCN(C(N)=Nc4ccccn4)CC3)C(=O)O2)c1C. The molecule has 0 bridgehead atoms. The number of aliphatic imine (C=N–C) groups is 2. The van der Waals surface area contributed by atoms with E-state index < -0.39 is 5.97 Å². The second-order valence-electron chi connectivity index (χ2n) is 7.25. The lowest BCUT2D eigenvalue weighted by Crippen LogP contribution is -2.49. The fraction of sp³-hybridized carbons (Fsp3) is 0.273. The molecule has 0 spiro atoms. The van der Waals surface area contributed by atoms with E-state index in [4.69, 9.17) is 10.5 Å². The molecule has 8 nitrogen and oxygen atoms in total. The van der Waals surface area contributed by atoms with E-state index in [1.54, 1.807) is 12.4 Å². The Labute approximate surface area is 175 Å². The smallest absolute Gasteiger partial charge is 0.365 e. The van der Waals surface area contributed by atoms with Crippen LogP contribution in [-0.4, -0.2) is 58.8 Å². The normalized spacial score (nSPS) is 18.6. The number of pyridine rings is 1. The molecule has 4 rings (SSSR count). The highest BCUT2D eigenvalue weighted by Crippen LogP contribution is 2.21. The Kier molecular flexibility index (Phi) is 5.47. The lowest BCUT2D eigenvalue weighted by molar-refractivity contribution is -0.130. The molecule has 1 aromatic heterocycles. The Balaban J connectivity index is 1.43. The van der Waals surface area contributed by atoms with Gasteiger partial charge in [-0.15, -0.1) is 0 Å². The molecule has 0 atom stereocenters. The summed E-state index contributed by atoms with van der Waals surface area (Å²) in [5.74, 6) is 0.959. The van der Waals surface area contributed by atoms with Crippen LogP contribution in [0, 0.1) is 13.8 Å². The van der Waals surface area contributed by atoms with Crippen LogP contribution >= 0.6 is 0 Å². The van der Waals surface area contributed by atoms with Crippen molar-refractivity contribution in [3.8, 4) is 0 Å². The maximum Gasteiger partial charge on any atom is 0.365 e. The standard InChI is InChI=1S/C22H24N6O2/c1-15-6-5-7-17(16(15)2)20-25-18(21(29)30-20)14-27-10-12-28(13-11-27)22(23)26-19-8-3-4-9-24-19/h3-9,14H,10-13H2,1-2H3,(H2,23,24,26)/b18-14+. The van der Waals surface area contributed by atoms with Crippen molar-refractivity contribution in [2.45, 2.75) is 13.8 Å². The minimum Gasteiger partial charge on any atom is -0.402 e. The molecule has 0 radical (unpaired) electrons. The number of cyclic esters (lactones) is 1. The fourth-order valence-electron chi connectivity index (χ4n) is 3.36. The Morgan fingerprint density at radius 2 is 1.93 bits per heavy atom. The van der Waals surface area contributed by atoms with Gasteiger partial charge >= 0.3 is 5.97 Å². The molecule has 30 heavy (non-hydrogen) atoms. The van der Waals surface area contributed by atoms with Gasteiger partial charge in [-0.25, -0.2) is 14.8 Å². The van der Waals surface area contributed by atoms with Crippen LogP contribution in [0.5, 0.6) is 0 Å². The molecule has 2 N–H and O–H groups in total. The van der Waals surface area contributed by atoms with Crippen LogP contribution in [-0.2, 0) is 9.53 Å². The van der Waals surface area contributed by atoms with Crippen molar-refractivity contribution in [2.24, 2.45) is 15.7 Å². The van der Waals surface area contributed by atoms with E-state index in [1.807, 2.05) is 55.1 Å². The van der Waals surface area contributed by atoms with E-state index in [0.717, 1.165) is 16.7 Å². The van der Waals surface area contributed by atoms with Gasteiger partial charge in [0.15, 0.2) is 17.5 Å². The Morgan fingerprint density at radius 1 is 1.13 bits per heavy atom. The van der Waals surface area contributed by atoms with Gasteiger partial charge in [-0.05, 0) is 43.2 Å². The summed E-state index contributed by atoms with van der Waals surface area (Å²) < 4.78 is 5.42. The molecule has 0 saturated carbocycles. The summed E-state index contributed by atoms with van der Waals surface area (Å²) in [6, 6.07) is 11.4. The van der Waals surface area contributed by atoms with E-state index >= 15 is 0 Å². The molecule has 0 amide bonds. The van der Waals surface area contributed by atoms with Gasteiger partial charge in [0.25, 0.3) is 0 Å². The van der Waals surface area contributed by atoms with Crippen molar-refractivity contribution in [3.63, 3.8) is 0 Å². The molecule has 3 heterocycles. The number of aryl methyl sites for hydroxylation is 1. The number of carbonyl (C=O) groups excluding carboxylic acids is 1. The van der Waals surface area contributed by atoms with Gasteiger partial charge in [0.2, 0.25) is 5.90 Å². The number of carbonyl (C=O) groups is 1. The average Bonchev–Trinajstić information content (AvgIpc) is 3.11. The van der Waals surface area contributed by atoms with E-state index in [9.17, 15) is 4.79 Å². The summed E-state index contributed by atoms with van der Waals surface area (Å²) in [4.78, 5) is 29.3. The number of nitrogens with two attached hydrogens (primary N) is 1. The second kappa shape index (κ2) is 8.36. The van der Waals surface area contributed by atoms with E-state index in [1.165, 1.54) is 0 Å². The molecular formula is C22H24N6O2. The third kappa shape index (κ3) is 4.17. The first-order valence-corrected chi connectivity index (χ1v) is 9.85. The first-order valence-electron chi connectivity index (χ1n) is 9.85. The summed E-state index contributed by atoms with van der Waals surface area (Å²) in [5.41, 5.74) is 9.47. The highest BCUT2D eigenvalue weighted by Gasteiger charge is 2.27. The Bertz CT molecular complexity index is 1040. The largest absolute Gasteiger partial charge is 0.402 e. The predicted molar refractivity (Wildman–Crippen MR) is 115 cm³/mol. The zero-order valence-electron chi connectivity index (χ0n) is 17.1. The quantitative estimate of drug-likeness (QED) is 0.364. The Hall–Kier alpha value is -3.68. The number of aromatic nitrogens is 1. The van der Waals surface area contributed by atoms with E-state index in [0.29, 0.717) is 49.6 Å². The van der Waals surface area contributed by atoms with Crippen LogP contribution in [0.3, 0.4) is 0 Å². The molecule has 1 aromatic carbocycles. The van der Waals surface area contributed by atoms with Gasteiger partial charge < -0.3 is 20.3 Å².